The maximum absolute atomic E-state index is 12.8. The van der Waals surface area contributed by atoms with Gasteiger partial charge < -0.3 is 19.0 Å². The molecule has 0 aromatic heterocycles. The summed E-state index contributed by atoms with van der Waals surface area (Å²) in [5.74, 6) is 0.901. The van der Waals surface area contributed by atoms with E-state index in [-0.39, 0.29) is 35.2 Å². The zero-order valence-electron chi connectivity index (χ0n) is 19.9. The van der Waals surface area contributed by atoms with Gasteiger partial charge in [-0.15, -0.1) is 0 Å². The van der Waals surface area contributed by atoms with Crippen molar-refractivity contribution in [1.82, 2.24) is 0 Å². The van der Waals surface area contributed by atoms with Gasteiger partial charge in [-0.2, -0.15) is 0 Å². The molecule has 5 nitrogen and oxygen atoms in total. The highest BCUT2D eigenvalue weighted by Gasteiger charge is 2.71. The molecule has 0 bridgehead atoms. The highest BCUT2D eigenvalue weighted by Crippen LogP contribution is 2.62. The number of hydrogen-bond donors (Lipinski definition) is 1. The average Bonchev–Trinajstić information content (AvgIpc) is 3.17. The van der Waals surface area contributed by atoms with Crippen LogP contribution in [0.4, 0.5) is 0 Å². The highest BCUT2D eigenvalue weighted by atomic mass is 28.4. The second-order valence-corrected chi connectivity index (χ2v) is 16.7. The summed E-state index contributed by atoms with van der Waals surface area (Å²) < 4.78 is 18.3. The summed E-state index contributed by atoms with van der Waals surface area (Å²) in [6.07, 6.45) is 2.22. The molecular formula is C23H42O5Si. The Morgan fingerprint density at radius 1 is 1.28 bits per heavy atom. The van der Waals surface area contributed by atoms with E-state index in [1.54, 1.807) is 0 Å². The van der Waals surface area contributed by atoms with Gasteiger partial charge >= 0.3 is 5.97 Å². The fourth-order valence-corrected chi connectivity index (χ4v) is 6.34. The molecule has 29 heavy (non-hydrogen) atoms. The summed E-state index contributed by atoms with van der Waals surface area (Å²) in [6, 6.07) is 0. The van der Waals surface area contributed by atoms with Crippen LogP contribution in [0.1, 0.15) is 67.7 Å². The number of carbonyl (C=O) groups excluding carboxylic acids is 1. The fraction of sp³-hybridized carbons (Fsp3) is 0.957. The molecule has 1 heterocycles. The quantitative estimate of drug-likeness (QED) is 0.397. The lowest BCUT2D eigenvalue weighted by Crippen LogP contribution is -2.51. The van der Waals surface area contributed by atoms with Crippen molar-refractivity contribution in [1.29, 1.82) is 0 Å². The summed E-state index contributed by atoms with van der Waals surface area (Å²) in [5.41, 5.74) is -1.33. The van der Waals surface area contributed by atoms with Crippen molar-refractivity contribution >= 4 is 14.3 Å². The zero-order valence-corrected chi connectivity index (χ0v) is 20.9. The van der Waals surface area contributed by atoms with Gasteiger partial charge in [0.15, 0.2) is 8.32 Å². The second kappa shape index (κ2) is 7.32. The van der Waals surface area contributed by atoms with E-state index in [9.17, 15) is 9.90 Å². The lowest BCUT2D eigenvalue weighted by Gasteiger charge is -2.39. The molecule has 168 valence electrons. The van der Waals surface area contributed by atoms with E-state index in [0.717, 1.165) is 12.8 Å². The topological polar surface area (TPSA) is 68.3 Å². The first kappa shape index (κ1) is 23.2. The van der Waals surface area contributed by atoms with Gasteiger partial charge in [0.1, 0.15) is 23.9 Å². The number of ether oxygens (including phenoxy) is 2. The van der Waals surface area contributed by atoms with Gasteiger partial charge in [-0.3, -0.25) is 0 Å². The first-order valence-electron chi connectivity index (χ1n) is 11.4. The van der Waals surface area contributed by atoms with E-state index < -0.39 is 20.0 Å². The van der Waals surface area contributed by atoms with E-state index in [1.165, 1.54) is 0 Å². The van der Waals surface area contributed by atoms with E-state index in [0.29, 0.717) is 24.2 Å². The van der Waals surface area contributed by atoms with E-state index in [2.05, 4.69) is 54.6 Å². The molecule has 0 radical (unpaired) electrons. The first-order valence-corrected chi connectivity index (χ1v) is 14.3. The maximum atomic E-state index is 12.8. The smallest absolute Gasteiger partial charge is 0.331 e. The van der Waals surface area contributed by atoms with Crippen molar-refractivity contribution < 1.29 is 23.8 Å². The SMILES string of the molecule is CC(C)[C@]12C[C@H](OC(=O)CO[Si](C)(C)C(C)(C)C)[C@](C)(O)[C@H]3CC[C@H](C)[C@@H]3[C@H]1O2. The van der Waals surface area contributed by atoms with E-state index in [4.69, 9.17) is 13.9 Å². The number of aliphatic hydroxyl groups is 1. The Bertz CT molecular complexity index is 638. The Labute approximate surface area is 178 Å². The average molecular weight is 427 g/mol. The molecule has 0 spiro atoms. The number of carbonyl (C=O) groups is 1. The van der Waals surface area contributed by atoms with Crippen LogP contribution in [-0.4, -0.2) is 49.4 Å². The van der Waals surface area contributed by atoms with Crippen molar-refractivity contribution in [2.24, 2.45) is 23.7 Å². The Hall–Kier alpha value is -0.433. The number of rotatable bonds is 5. The normalized spacial score (nSPS) is 42.2. The molecule has 0 aromatic rings. The molecule has 3 rings (SSSR count). The lowest BCUT2D eigenvalue weighted by molar-refractivity contribution is -0.178. The molecule has 0 aromatic carbocycles. The molecule has 1 aliphatic heterocycles. The van der Waals surface area contributed by atoms with Crippen LogP contribution in [0.2, 0.25) is 18.1 Å². The largest absolute Gasteiger partial charge is 0.458 e. The Kier molecular flexibility index (Phi) is 5.86. The molecule has 2 aliphatic carbocycles. The molecule has 0 amide bonds. The van der Waals surface area contributed by atoms with Crippen molar-refractivity contribution in [2.75, 3.05) is 6.61 Å². The van der Waals surface area contributed by atoms with Crippen LogP contribution in [0.15, 0.2) is 0 Å². The van der Waals surface area contributed by atoms with Crippen molar-refractivity contribution in [3.8, 4) is 0 Å². The Morgan fingerprint density at radius 3 is 2.45 bits per heavy atom. The van der Waals surface area contributed by atoms with Crippen LogP contribution in [0, 0.1) is 23.7 Å². The summed E-state index contributed by atoms with van der Waals surface area (Å²) in [6.45, 7) is 19.2. The molecule has 1 saturated heterocycles. The van der Waals surface area contributed by atoms with Crippen molar-refractivity contribution in [3.63, 3.8) is 0 Å². The van der Waals surface area contributed by atoms with Crippen LogP contribution in [0.3, 0.4) is 0 Å². The monoisotopic (exact) mass is 426 g/mol. The molecule has 2 saturated carbocycles. The van der Waals surface area contributed by atoms with Crippen molar-refractivity contribution in [3.05, 3.63) is 0 Å². The van der Waals surface area contributed by atoms with Gasteiger partial charge in [-0.05, 0) is 61.6 Å². The second-order valence-electron chi connectivity index (χ2n) is 11.8. The van der Waals surface area contributed by atoms with Gasteiger partial charge in [0, 0.05) is 6.42 Å². The lowest BCUT2D eigenvalue weighted by atomic mass is 9.76. The summed E-state index contributed by atoms with van der Waals surface area (Å²) >= 11 is 0. The molecule has 3 fully saturated rings. The molecule has 7 atom stereocenters. The molecule has 3 aliphatic rings. The van der Waals surface area contributed by atoms with Gasteiger partial charge in [0.05, 0.1) is 6.10 Å². The number of hydrogen-bond acceptors (Lipinski definition) is 5. The molecular weight excluding hydrogens is 384 g/mol. The predicted molar refractivity (Wildman–Crippen MR) is 116 cm³/mol. The molecule has 0 unspecified atom stereocenters. The highest BCUT2D eigenvalue weighted by molar-refractivity contribution is 6.74. The van der Waals surface area contributed by atoms with E-state index >= 15 is 0 Å². The van der Waals surface area contributed by atoms with Crippen LogP contribution in [0.5, 0.6) is 0 Å². The predicted octanol–water partition coefficient (Wildman–Crippen LogP) is 4.53. The fourth-order valence-electron chi connectivity index (χ4n) is 5.43. The summed E-state index contributed by atoms with van der Waals surface area (Å²) in [4.78, 5) is 12.8. The molecule has 6 heteroatoms. The number of epoxide rings is 1. The van der Waals surface area contributed by atoms with Crippen LogP contribution in [-0.2, 0) is 18.7 Å². The van der Waals surface area contributed by atoms with Gasteiger partial charge in [0.2, 0.25) is 0 Å². The third-order valence-corrected chi connectivity index (χ3v) is 13.2. The zero-order chi connectivity index (χ0) is 22.0. The van der Waals surface area contributed by atoms with Gasteiger partial charge in [-0.1, -0.05) is 41.5 Å². The van der Waals surface area contributed by atoms with E-state index in [1.807, 2.05) is 6.92 Å². The van der Waals surface area contributed by atoms with Crippen LogP contribution < -0.4 is 0 Å². The summed E-state index contributed by atoms with van der Waals surface area (Å²) in [5, 5.41) is 11.6. The Morgan fingerprint density at radius 2 is 1.90 bits per heavy atom. The van der Waals surface area contributed by atoms with Gasteiger partial charge in [0.25, 0.3) is 0 Å². The standard InChI is InChI=1S/C23H42O5Si/c1-14(2)23-12-17(27-18(24)13-26-29(8,9)21(4,5)6)22(7,25)16-11-10-15(3)19(16)20(23)28-23/h14-17,19-20,25H,10-13H2,1-9H3/t15-,16-,17-,19-,20+,22+,23+/m0/s1. The third kappa shape index (κ3) is 3.95. The van der Waals surface area contributed by atoms with Crippen LogP contribution >= 0.6 is 0 Å². The minimum absolute atomic E-state index is 0.0328. The van der Waals surface area contributed by atoms with Gasteiger partial charge in [-0.25, -0.2) is 4.79 Å². The van der Waals surface area contributed by atoms with Crippen LogP contribution in [0.25, 0.3) is 0 Å². The molecule has 1 N–H and O–H groups in total. The minimum atomic E-state index is -2.04. The summed E-state index contributed by atoms with van der Waals surface area (Å²) in [7, 11) is -2.04. The third-order valence-electron chi connectivity index (χ3n) is 8.69. The first-order chi connectivity index (χ1) is 13.1. The number of fused-ring (bicyclic) bond motifs is 3. The van der Waals surface area contributed by atoms with Crippen molar-refractivity contribution in [2.45, 2.75) is 109 Å². The minimum Gasteiger partial charge on any atom is -0.458 e. The maximum Gasteiger partial charge on any atom is 0.331 e. The Balaban J connectivity index is 1.76. The number of esters is 1.